The van der Waals surface area contributed by atoms with E-state index in [-0.39, 0.29) is 25.3 Å². The molecule has 0 fully saturated rings. The lowest BCUT2D eigenvalue weighted by Gasteiger charge is -2.12. The number of benzene rings is 3. The zero-order valence-electron chi connectivity index (χ0n) is 25.0. The summed E-state index contributed by atoms with van der Waals surface area (Å²) in [6, 6.07) is 18.3. The van der Waals surface area contributed by atoms with E-state index in [4.69, 9.17) is 19.3 Å². The molecule has 8 heteroatoms. The molecule has 0 aliphatic rings. The molecule has 5 aromatic rings. The van der Waals surface area contributed by atoms with Gasteiger partial charge in [-0.2, -0.15) is 5.10 Å². The van der Waals surface area contributed by atoms with E-state index in [1.807, 2.05) is 58.2 Å². The van der Waals surface area contributed by atoms with Crippen LogP contribution in [0.5, 0.6) is 5.75 Å². The number of aromatic nitrogens is 3. The van der Waals surface area contributed by atoms with Crippen molar-refractivity contribution in [3.05, 3.63) is 82.8 Å². The molecule has 2 N–H and O–H groups in total. The van der Waals surface area contributed by atoms with Gasteiger partial charge in [0.2, 0.25) is 0 Å². The van der Waals surface area contributed by atoms with Crippen molar-refractivity contribution in [2.45, 2.75) is 59.9 Å². The number of nitrogens with one attached hydrogen (secondary N) is 1. The number of rotatable bonds is 12. The Hall–Kier alpha value is -4.14. The molecule has 5 rings (SSSR count). The SMILES string of the molecule is CCOC(=O)c1[nH]c2c(-c3c(COC(C)C)nn(C)c3CO)c(C)ccc2c1CCCOc1cccc2ccccc12. The Morgan fingerprint density at radius 1 is 1.05 bits per heavy atom. The van der Waals surface area contributed by atoms with Crippen LogP contribution in [0.3, 0.4) is 0 Å². The predicted octanol–water partition coefficient (Wildman–Crippen LogP) is 6.64. The number of esters is 1. The molecule has 0 aliphatic carbocycles. The normalized spacial score (nSPS) is 11.6. The second-order valence-electron chi connectivity index (χ2n) is 10.7. The van der Waals surface area contributed by atoms with Crippen molar-refractivity contribution in [1.82, 2.24) is 14.8 Å². The van der Waals surface area contributed by atoms with Crippen LogP contribution in [0.15, 0.2) is 54.6 Å². The largest absolute Gasteiger partial charge is 0.493 e. The Morgan fingerprint density at radius 2 is 1.83 bits per heavy atom. The molecule has 0 saturated heterocycles. The number of nitrogens with zero attached hydrogens (tertiary/aromatic N) is 2. The molecule has 220 valence electrons. The van der Waals surface area contributed by atoms with Gasteiger partial charge < -0.3 is 24.3 Å². The minimum Gasteiger partial charge on any atom is -0.493 e. The topological polar surface area (TPSA) is 98.6 Å². The van der Waals surface area contributed by atoms with Gasteiger partial charge in [-0.05, 0) is 63.1 Å². The number of carbonyl (C=O) groups is 1. The van der Waals surface area contributed by atoms with Crippen LogP contribution in [0, 0.1) is 6.92 Å². The Kier molecular flexibility index (Phi) is 8.94. The molecule has 42 heavy (non-hydrogen) atoms. The second-order valence-corrected chi connectivity index (χ2v) is 10.7. The van der Waals surface area contributed by atoms with Crippen LogP contribution in [0.4, 0.5) is 0 Å². The van der Waals surface area contributed by atoms with Gasteiger partial charge in [-0.25, -0.2) is 4.79 Å². The number of H-pyrrole nitrogens is 1. The van der Waals surface area contributed by atoms with Gasteiger partial charge in [-0.15, -0.1) is 0 Å². The quantitative estimate of drug-likeness (QED) is 0.129. The van der Waals surface area contributed by atoms with Crippen molar-refractivity contribution < 1.29 is 24.1 Å². The van der Waals surface area contributed by atoms with E-state index >= 15 is 0 Å². The lowest BCUT2D eigenvalue weighted by molar-refractivity contribution is 0.0519. The lowest BCUT2D eigenvalue weighted by atomic mass is 9.94. The fraction of sp³-hybridized carbons (Fsp3) is 0.353. The van der Waals surface area contributed by atoms with Gasteiger partial charge in [0.05, 0.1) is 49.4 Å². The number of carbonyl (C=O) groups excluding carboxylic acids is 1. The number of aliphatic hydroxyl groups excluding tert-OH is 1. The number of aliphatic hydroxyl groups is 1. The van der Waals surface area contributed by atoms with E-state index in [9.17, 15) is 9.90 Å². The third kappa shape index (κ3) is 5.78. The molecule has 8 nitrogen and oxygen atoms in total. The first kappa shape index (κ1) is 29.4. The fourth-order valence-electron chi connectivity index (χ4n) is 5.57. The van der Waals surface area contributed by atoms with Crippen LogP contribution in [0.25, 0.3) is 32.8 Å². The summed E-state index contributed by atoms with van der Waals surface area (Å²) in [7, 11) is 1.82. The predicted molar refractivity (Wildman–Crippen MR) is 165 cm³/mol. The zero-order chi connectivity index (χ0) is 29.8. The molecule has 0 amide bonds. The first-order chi connectivity index (χ1) is 20.3. The first-order valence-corrected chi connectivity index (χ1v) is 14.5. The van der Waals surface area contributed by atoms with Gasteiger partial charge in [0.15, 0.2) is 0 Å². The third-order valence-electron chi connectivity index (χ3n) is 7.54. The summed E-state index contributed by atoms with van der Waals surface area (Å²) < 4.78 is 19.3. The Balaban J connectivity index is 1.53. The van der Waals surface area contributed by atoms with Crippen LogP contribution in [0.2, 0.25) is 0 Å². The van der Waals surface area contributed by atoms with E-state index in [1.54, 1.807) is 11.6 Å². The molecular formula is C34H39N3O5. The zero-order valence-corrected chi connectivity index (χ0v) is 25.0. The molecule has 0 unspecified atom stereocenters. The molecule has 2 aromatic heterocycles. The van der Waals surface area contributed by atoms with Gasteiger partial charge in [0, 0.05) is 28.9 Å². The average Bonchev–Trinajstić information content (AvgIpc) is 3.50. The monoisotopic (exact) mass is 569 g/mol. The molecule has 0 radical (unpaired) electrons. The van der Waals surface area contributed by atoms with Gasteiger partial charge in [-0.3, -0.25) is 4.68 Å². The van der Waals surface area contributed by atoms with Crippen molar-refractivity contribution in [1.29, 1.82) is 0 Å². The molecule has 0 bridgehead atoms. The highest BCUT2D eigenvalue weighted by Gasteiger charge is 2.26. The lowest BCUT2D eigenvalue weighted by Crippen LogP contribution is -2.09. The molecule has 0 atom stereocenters. The van der Waals surface area contributed by atoms with E-state index < -0.39 is 0 Å². The summed E-state index contributed by atoms with van der Waals surface area (Å²) in [6.07, 6.45) is 1.34. The van der Waals surface area contributed by atoms with Gasteiger partial charge in [0.1, 0.15) is 11.4 Å². The summed E-state index contributed by atoms with van der Waals surface area (Å²) in [5, 5.41) is 18.2. The second kappa shape index (κ2) is 12.8. The highest BCUT2D eigenvalue weighted by atomic mass is 16.5. The maximum Gasteiger partial charge on any atom is 0.355 e. The highest BCUT2D eigenvalue weighted by molar-refractivity contribution is 6.05. The highest BCUT2D eigenvalue weighted by Crippen LogP contribution is 2.39. The standard InChI is InChI=1S/C34H39N3O5/c1-6-40-34(39)33-25(14-10-18-41-29-15-9-12-23-11-7-8-13-24(23)29)26-17-16-22(4)30(32(26)35-33)31-27(20-42-21(2)3)36-37(5)28(31)19-38/h7-9,11-13,15-17,21,35,38H,6,10,14,18-20H2,1-5H3. The molecular weight excluding hydrogens is 530 g/mol. The van der Waals surface area contributed by atoms with Crippen molar-refractivity contribution in [3.8, 4) is 16.9 Å². The number of aromatic amines is 1. The number of aryl methyl sites for hydroxylation is 3. The van der Waals surface area contributed by atoms with E-state index in [1.165, 1.54) is 0 Å². The van der Waals surface area contributed by atoms with Crippen LogP contribution < -0.4 is 4.74 Å². The van der Waals surface area contributed by atoms with Crippen molar-refractivity contribution >= 4 is 27.6 Å². The molecule has 2 heterocycles. The molecule has 3 aromatic carbocycles. The number of hydrogen-bond acceptors (Lipinski definition) is 6. The van der Waals surface area contributed by atoms with Crippen LogP contribution in [-0.4, -0.2) is 45.2 Å². The Bertz CT molecular complexity index is 1710. The minimum absolute atomic E-state index is 0.0259. The molecule has 0 saturated carbocycles. The van der Waals surface area contributed by atoms with Gasteiger partial charge in [-0.1, -0.05) is 48.5 Å². The first-order valence-electron chi connectivity index (χ1n) is 14.5. The number of ether oxygens (including phenoxy) is 3. The summed E-state index contributed by atoms with van der Waals surface area (Å²) in [6.45, 7) is 8.69. The van der Waals surface area contributed by atoms with Gasteiger partial charge >= 0.3 is 5.97 Å². The maximum absolute atomic E-state index is 13.2. The smallest absolute Gasteiger partial charge is 0.355 e. The van der Waals surface area contributed by atoms with Crippen molar-refractivity contribution in [2.24, 2.45) is 7.05 Å². The Morgan fingerprint density at radius 3 is 2.60 bits per heavy atom. The van der Waals surface area contributed by atoms with E-state index in [0.29, 0.717) is 37.4 Å². The number of hydrogen-bond donors (Lipinski definition) is 2. The third-order valence-corrected chi connectivity index (χ3v) is 7.54. The average molecular weight is 570 g/mol. The van der Waals surface area contributed by atoms with Crippen LogP contribution in [-0.2, 0) is 36.2 Å². The number of fused-ring (bicyclic) bond motifs is 2. The molecule has 0 spiro atoms. The molecule has 0 aliphatic heterocycles. The summed E-state index contributed by atoms with van der Waals surface area (Å²) >= 11 is 0. The Labute approximate surface area is 246 Å². The summed E-state index contributed by atoms with van der Waals surface area (Å²) in [4.78, 5) is 16.6. The van der Waals surface area contributed by atoms with Crippen LogP contribution in [0.1, 0.15) is 60.2 Å². The van der Waals surface area contributed by atoms with E-state index in [0.717, 1.165) is 55.4 Å². The summed E-state index contributed by atoms with van der Waals surface area (Å²) in [5.41, 5.74) is 6.30. The van der Waals surface area contributed by atoms with Crippen LogP contribution >= 0.6 is 0 Å². The summed E-state index contributed by atoms with van der Waals surface area (Å²) in [5.74, 6) is 0.457. The fourth-order valence-corrected chi connectivity index (χ4v) is 5.57. The minimum atomic E-state index is -0.390. The van der Waals surface area contributed by atoms with Crippen molar-refractivity contribution in [2.75, 3.05) is 13.2 Å². The van der Waals surface area contributed by atoms with Gasteiger partial charge in [0.25, 0.3) is 0 Å². The maximum atomic E-state index is 13.2. The van der Waals surface area contributed by atoms with Crippen molar-refractivity contribution in [3.63, 3.8) is 0 Å². The van der Waals surface area contributed by atoms with E-state index in [2.05, 4.69) is 29.2 Å².